The Balaban J connectivity index is 0.00000158. The molecule has 4 rings (SSSR count). The summed E-state index contributed by atoms with van der Waals surface area (Å²) in [6.45, 7) is 6.59. The Hall–Kier alpha value is -3.94. The number of allylic oxidation sites excluding steroid dienone is 1. The van der Waals surface area contributed by atoms with Crippen LogP contribution in [0, 0.1) is 6.92 Å². The number of nitrogens with zero attached hydrogens (tertiary/aromatic N) is 3. The molecular weight excluding hydrogens is 428 g/mol. The van der Waals surface area contributed by atoms with Gasteiger partial charge < -0.3 is 16.4 Å². The number of carbonyl (C=O) groups excluding carboxylic acids is 1. The zero-order chi connectivity index (χ0) is 24.5. The van der Waals surface area contributed by atoms with Gasteiger partial charge in [-0.15, -0.1) is 0 Å². The summed E-state index contributed by atoms with van der Waals surface area (Å²) in [5.74, 6) is 0.451. The molecule has 0 unspecified atom stereocenters. The zero-order valence-electron chi connectivity index (χ0n) is 20.0. The van der Waals surface area contributed by atoms with Crippen LogP contribution in [0.25, 0.3) is 5.57 Å². The molecule has 0 aliphatic heterocycles. The van der Waals surface area contributed by atoms with Gasteiger partial charge in [-0.1, -0.05) is 50.3 Å². The summed E-state index contributed by atoms with van der Waals surface area (Å²) in [6, 6.07) is 11.9. The molecule has 0 atom stereocenters. The van der Waals surface area contributed by atoms with E-state index in [9.17, 15) is 9.59 Å². The zero-order valence-corrected chi connectivity index (χ0v) is 20.0. The standard InChI is InChI=1S/C24H26N6O2.C2H6/c1-16-13-29-23(27-11-9-17-5-3-2-4-6-17)24(32)30(16)15-20(31)28-14-19-8-7-18-10-12-26-22(25)21(18)19;1-2/h2-6,8,10,12-13H,7,9,11,14-15H2,1H3,(H2,25,26)(H,27,29)(H,28,31);1-2H3. The van der Waals surface area contributed by atoms with E-state index in [1.807, 2.05) is 56.3 Å². The van der Waals surface area contributed by atoms with Crippen molar-refractivity contribution in [1.82, 2.24) is 19.9 Å². The van der Waals surface area contributed by atoms with Crippen molar-refractivity contribution in [3.05, 3.63) is 87.6 Å². The molecule has 1 aliphatic rings. The molecule has 0 bridgehead atoms. The molecule has 0 saturated heterocycles. The second kappa shape index (κ2) is 11.8. The average molecular weight is 461 g/mol. The first-order valence-corrected chi connectivity index (χ1v) is 11.6. The highest BCUT2D eigenvalue weighted by Gasteiger charge is 2.18. The second-order valence-corrected chi connectivity index (χ2v) is 7.74. The van der Waals surface area contributed by atoms with E-state index in [4.69, 9.17) is 5.73 Å². The molecule has 0 saturated carbocycles. The molecule has 2 heterocycles. The first-order valence-electron chi connectivity index (χ1n) is 11.6. The quantitative estimate of drug-likeness (QED) is 0.476. The van der Waals surface area contributed by atoms with Crippen LogP contribution in [0.3, 0.4) is 0 Å². The molecule has 178 valence electrons. The summed E-state index contributed by atoms with van der Waals surface area (Å²) < 4.78 is 1.43. The topological polar surface area (TPSA) is 115 Å². The Morgan fingerprint density at radius 2 is 1.91 bits per heavy atom. The van der Waals surface area contributed by atoms with Crippen molar-refractivity contribution in [2.75, 3.05) is 24.1 Å². The number of nitrogens with two attached hydrogens (primary N) is 1. The summed E-state index contributed by atoms with van der Waals surface area (Å²) in [5.41, 5.74) is 10.4. The van der Waals surface area contributed by atoms with Crippen molar-refractivity contribution < 1.29 is 4.79 Å². The summed E-state index contributed by atoms with van der Waals surface area (Å²) in [7, 11) is 0. The fourth-order valence-electron chi connectivity index (χ4n) is 3.81. The first-order chi connectivity index (χ1) is 16.5. The van der Waals surface area contributed by atoms with Gasteiger partial charge in [-0.25, -0.2) is 9.97 Å². The van der Waals surface area contributed by atoms with Gasteiger partial charge in [-0.2, -0.15) is 0 Å². The van der Waals surface area contributed by atoms with Crippen LogP contribution in [0.2, 0.25) is 0 Å². The van der Waals surface area contributed by atoms with E-state index in [-0.39, 0.29) is 23.8 Å². The molecule has 3 aromatic rings. The van der Waals surface area contributed by atoms with Crippen LogP contribution in [-0.2, 0) is 24.2 Å². The molecule has 0 radical (unpaired) electrons. The number of benzene rings is 1. The van der Waals surface area contributed by atoms with Crippen molar-refractivity contribution in [2.45, 2.75) is 40.2 Å². The molecule has 8 heteroatoms. The number of amides is 1. The van der Waals surface area contributed by atoms with Gasteiger partial charge in [0, 0.05) is 36.7 Å². The van der Waals surface area contributed by atoms with Gasteiger partial charge in [0.05, 0.1) is 0 Å². The number of carbonyl (C=O) groups is 1. The monoisotopic (exact) mass is 460 g/mol. The third kappa shape index (κ3) is 5.89. The maximum Gasteiger partial charge on any atom is 0.293 e. The second-order valence-electron chi connectivity index (χ2n) is 7.74. The Bertz CT molecular complexity index is 1220. The lowest BCUT2D eigenvalue weighted by Crippen LogP contribution is -2.35. The molecule has 1 aromatic carbocycles. The first kappa shape index (κ1) is 24.7. The SMILES string of the molecule is CC.Cc1cnc(NCCc2ccccc2)c(=O)n1CC(=O)NCC1=CCc2ccnc(N)c21. The summed E-state index contributed by atoms with van der Waals surface area (Å²) in [4.78, 5) is 33.8. The average Bonchev–Trinajstić information content (AvgIpc) is 3.28. The molecular formula is C26H32N6O2. The highest BCUT2D eigenvalue weighted by molar-refractivity contribution is 5.84. The Morgan fingerprint density at radius 3 is 2.68 bits per heavy atom. The number of fused-ring (bicyclic) bond motifs is 1. The maximum atomic E-state index is 12.9. The van der Waals surface area contributed by atoms with Crippen LogP contribution in [0.1, 0.15) is 36.2 Å². The number of aryl methyl sites for hydroxylation is 1. The predicted molar refractivity (Wildman–Crippen MR) is 137 cm³/mol. The van der Waals surface area contributed by atoms with Gasteiger partial charge in [-0.05, 0) is 42.5 Å². The van der Waals surface area contributed by atoms with Crippen LogP contribution >= 0.6 is 0 Å². The van der Waals surface area contributed by atoms with E-state index in [0.29, 0.717) is 24.6 Å². The fourth-order valence-corrected chi connectivity index (χ4v) is 3.81. The van der Waals surface area contributed by atoms with Crippen molar-refractivity contribution in [3.63, 3.8) is 0 Å². The lowest BCUT2D eigenvalue weighted by Gasteiger charge is -2.13. The van der Waals surface area contributed by atoms with E-state index in [2.05, 4.69) is 20.6 Å². The molecule has 0 fully saturated rings. The van der Waals surface area contributed by atoms with Gasteiger partial charge in [0.25, 0.3) is 5.56 Å². The van der Waals surface area contributed by atoms with E-state index < -0.39 is 0 Å². The summed E-state index contributed by atoms with van der Waals surface area (Å²) >= 11 is 0. The predicted octanol–water partition coefficient (Wildman–Crippen LogP) is 2.97. The number of nitrogen functional groups attached to an aromatic ring is 1. The van der Waals surface area contributed by atoms with Crippen molar-refractivity contribution in [3.8, 4) is 0 Å². The minimum Gasteiger partial charge on any atom is -0.383 e. The van der Waals surface area contributed by atoms with Gasteiger partial charge in [-0.3, -0.25) is 14.2 Å². The number of hydrogen-bond donors (Lipinski definition) is 3. The largest absolute Gasteiger partial charge is 0.383 e. The van der Waals surface area contributed by atoms with E-state index in [0.717, 1.165) is 29.5 Å². The lowest BCUT2D eigenvalue weighted by molar-refractivity contribution is -0.121. The summed E-state index contributed by atoms with van der Waals surface area (Å²) in [6.07, 6.45) is 6.87. The normalized spacial score (nSPS) is 11.7. The maximum absolute atomic E-state index is 12.9. The summed E-state index contributed by atoms with van der Waals surface area (Å²) in [5, 5.41) is 5.98. The van der Waals surface area contributed by atoms with Crippen molar-refractivity contribution >= 4 is 23.1 Å². The minimum absolute atomic E-state index is 0.0801. The van der Waals surface area contributed by atoms with Crippen LogP contribution in [0.5, 0.6) is 0 Å². The lowest BCUT2D eigenvalue weighted by atomic mass is 10.1. The van der Waals surface area contributed by atoms with E-state index in [1.54, 1.807) is 19.3 Å². The third-order valence-electron chi connectivity index (χ3n) is 5.54. The molecule has 2 aromatic heterocycles. The van der Waals surface area contributed by atoms with Gasteiger partial charge in [0.1, 0.15) is 12.4 Å². The number of rotatable bonds is 8. The molecule has 8 nitrogen and oxygen atoms in total. The smallest absolute Gasteiger partial charge is 0.293 e. The van der Waals surface area contributed by atoms with Crippen LogP contribution in [0.4, 0.5) is 11.6 Å². The van der Waals surface area contributed by atoms with E-state index >= 15 is 0 Å². The molecule has 1 aliphatic carbocycles. The number of aromatic nitrogens is 3. The highest BCUT2D eigenvalue weighted by atomic mass is 16.2. The van der Waals surface area contributed by atoms with Crippen molar-refractivity contribution in [2.24, 2.45) is 0 Å². The van der Waals surface area contributed by atoms with Crippen LogP contribution in [-0.4, -0.2) is 33.5 Å². The molecule has 4 N–H and O–H groups in total. The highest BCUT2D eigenvalue weighted by Crippen LogP contribution is 2.30. The molecule has 1 amide bonds. The number of nitrogens with one attached hydrogen (secondary N) is 2. The van der Waals surface area contributed by atoms with Gasteiger partial charge in [0.15, 0.2) is 5.82 Å². The van der Waals surface area contributed by atoms with Crippen LogP contribution < -0.4 is 21.9 Å². The van der Waals surface area contributed by atoms with Crippen molar-refractivity contribution in [1.29, 1.82) is 0 Å². The molecule has 0 spiro atoms. The van der Waals surface area contributed by atoms with Crippen LogP contribution in [0.15, 0.2) is 59.7 Å². The minimum atomic E-state index is -0.313. The van der Waals surface area contributed by atoms with Gasteiger partial charge in [0.2, 0.25) is 5.91 Å². The van der Waals surface area contributed by atoms with Gasteiger partial charge >= 0.3 is 0 Å². The Kier molecular flexibility index (Phi) is 8.56. The van der Waals surface area contributed by atoms with E-state index in [1.165, 1.54) is 10.1 Å². The number of pyridine rings is 1. The third-order valence-corrected chi connectivity index (χ3v) is 5.54. The Labute approximate surface area is 200 Å². The number of hydrogen-bond acceptors (Lipinski definition) is 6. The molecule has 34 heavy (non-hydrogen) atoms. The fraction of sp³-hybridized carbons (Fsp3) is 0.308. The Morgan fingerprint density at radius 1 is 1.15 bits per heavy atom. The number of anilines is 2.